The molecule has 2 heterocycles. The number of nitrogens with zero attached hydrogens (tertiary/aromatic N) is 2. The van der Waals surface area contributed by atoms with Gasteiger partial charge in [-0.05, 0) is 42.5 Å². The monoisotopic (exact) mass is 379 g/mol. The third-order valence-electron chi connectivity index (χ3n) is 6.17. The molecule has 28 heavy (non-hydrogen) atoms. The minimum Gasteiger partial charge on any atom is -0.496 e. The van der Waals surface area contributed by atoms with E-state index in [0.29, 0.717) is 23.1 Å². The summed E-state index contributed by atoms with van der Waals surface area (Å²) in [7, 11) is 1.61. The highest BCUT2D eigenvalue weighted by atomic mass is 16.5. The Bertz CT molecular complexity index is 797. The number of rotatable bonds is 6. The van der Waals surface area contributed by atoms with Crippen LogP contribution in [0.3, 0.4) is 0 Å². The van der Waals surface area contributed by atoms with Gasteiger partial charge in [0.15, 0.2) is 0 Å². The van der Waals surface area contributed by atoms with E-state index in [9.17, 15) is 4.79 Å². The lowest BCUT2D eigenvalue weighted by Crippen LogP contribution is -2.34. The second-order valence-corrected chi connectivity index (χ2v) is 8.00. The van der Waals surface area contributed by atoms with E-state index in [4.69, 9.17) is 10.5 Å². The van der Waals surface area contributed by atoms with Crippen molar-refractivity contribution in [1.29, 1.82) is 0 Å². The van der Waals surface area contributed by atoms with Crippen LogP contribution >= 0.6 is 0 Å². The number of likely N-dealkylation sites (tertiary alicyclic amines) is 2. The van der Waals surface area contributed by atoms with Gasteiger partial charge in [0.05, 0.1) is 12.7 Å². The maximum Gasteiger partial charge on any atom is 0.257 e. The lowest BCUT2D eigenvalue weighted by molar-refractivity contribution is 0.0770. The molecule has 0 bridgehead atoms. The lowest BCUT2D eigenvalue weighted by atomic mass is 10.0. The molecule has 5 nitrogen and oxygen atoms in total. The van der Waals surface area contributed by atoms with Crippen molar-refractivity contribution in [2.24, 2.45) is 17.6 Å². The first-order valence-electron chi connectivity index (χ1n) is 10.1. The van der Waals surface area contributed by atoms with Crippen LogP contribution in [0.25, 0.3) is 0 Å². The maximum atomic E-state index is 12.9. The maximum absolute atomic E-state index is 12.9. The third kappa shape index (κ3) is 3.91. The Hall–Kier alpha value is -2.37. The number of hydrogen-bond acceptors (Lipinski definition) is 4. The largest absolute Gasteiger partial charge is 0.496 e. The molecule has 2 aromatic carbocycles. The van der Waals surface area contributed by atoms with Crippen molar-refractivity contribution in [3.63, 3.8) is 0 Å². The Labute approximate surface area is 167 Å². The summed E-state index contributed by atoms with van der Waals surface area (Å²) in [6, 6.07) is 17.9. The minimum absolute atomic E-state index is 0.0875. The quantitative estimate of drug-likeness (QED) is 0.839. The molecule has 2 N–H and O–H groups in total. The number of para-hydroxylation sites is 1. The highest BCUT2D eigenvalue weighted by molar-refractivity contribution is 5.97. The molecule has 0 aliphatic carbocycles. The Kier molecular flexibility index (Phi) is 5.64. The molecule has 0 spiro atoms. The van der Waals surface area contributed by atoms with E-state index in [1.165, 1.54) is 5.56 Å². The average Bonchev–Trinajstić information content (AvgIpc) is 3.31. The summed E-state index contributed by atoms with van der Waals surface area (Å²) in [5, 5.41) is 0. The number of benzene rings is 2. The van der Waals surface area contributed by atoms with Gasteiger partial charge in [-0.3, -0.25) is 4.79 Å². The first-order valence-corrected chi connectivity index (χ1v) is 10.1. The molecule has 0 aromatic heterocycles. The van der Waals surface area contributed by atoms with Gasteiger partial charge < -0.3 is 20.3 Å². The van der Waals surface area contributed by atoms with Crippen LogP contribution in [0, 0.1) is 11.8 Å². The fraction of sp³-hybridized carbons (Fsp3) is 0.435. The van der Waals surface area contributed by atoms with E-state index in [2.05, 4.69) is 17.0 Å². The fourth-order valence-electron chi connectivity index (χ4n) is 4.62. The van der Waals surface area contributed by atoms with Crippen LogP contribution < -0.4 is 10.5 Å². The fourth-order valence-corrected chi connectivity index (χ4v) is 4.62. The molecule has 2 unspecified atom stereocenters. The topological polar surface area (TPSA) is 58.8 Å². The zero-order valence-electron chi connectivity index (χ0n) is 16.5. The van der Waals surface area contributed by atoms with Crippen LogP contribution in [0.4, 0.5) is 0 Å². The molecule has 2 aliphatic rings. The van der Waals surface area contributed by atoms with E-state index in [1.807, 2.05) is 47.4 Å². The number of fused-ring (bicyclic) bond motifs is 1. The van der Waals surface area contributed by atoms with Gasteiger partial charge in [-0.15, -0.1) is 0 Å². The summed E-state index contributed by atoms with van der Waals surface area (Å²) in [4.78, 5) is 17.4. The van der Waals surface area contributed by atoms with Crippen molar-refractivity contribution in [2.75, 3.05) is 39.8 Å². The molecule has 0 radical (unpaired) electrons. The summed E-state index contributed by atoms with van der Waals surface area (Å²) < 4.78 is 5.36. The first-order chi connectivity index (χ1) is 13.7. The van der Waals surface area contributed by atoms with Crippen LogP contribution in [0.5, 0.6) is 5.75 Å². The summed E-state index contributed by atoms with van der Waals surface area (Å²) in [5.74, 6) is 1.86. The van der Waals surface area contributed by atoms with Crippen molar-refractivity contribution < 1.29 is 9.53 Å². The summed E-state index contributed by atoms with van der Waals surface area (Å²) in [5.41, 5.74) is 8.22. The lowest BCUT2D eigenvalue weighted by Gasteiger charge is -2.23. The Morgan fingerprint density at radius 2 is 1.68 bits per heavy atom. The molecule has 2 aromatic rings. The molecule has 0 saturated carbocycles. The average molecular weight is 380 g/mol. The van der Waals surface area contributed by atoms with Crippen molar-refractivity contribution in [3.8, 4) is 5.75 Å². The highest BCUT2D eigenvalue weighted by Crippen LogP contribution is 2.33. The number of nitrogens with two attached hydrogens (primary N) is 1. The smallest absolute Gasteiger partial charge is 0.257 e. The van der Waals surface area contributed by atoms with Gasteiger partial charge in [0.25, 0.3) is 5.91 Å². The molecule has 5 heteroatoms. The molecule has 3 atom stereocenters. The van der Waals surface area contributed by atoms with Gasteiger partial charge in [0.1, 0.15) is 5.75 Å². The molecular formula is C23H29N3O2. The second kappa shape index (κ2) is 8.33. The number of ether oxygens (including phenoxy) is 1. The van der Waals surface area contributed by atoms with Gasteiger partial charge in [0, 0.05) is 32.2 Å². The van der Waals surface area contributed by atoms with Gasteiger partial charge in [-0.2, -0.15) is 0 Å². The van der Waals surface area contributed by atoms with Gasteiger partial charge in [0.2, 0.25) is 0 Å². The molecule has 2 aliphatic heterocycles. The van der Waals surface area contributed by atoms with E-state index < -0.39 is 0 Å². The van der Waals surface area contributed by atoms with Crippen LogP contribution in [0.15, 0.2) is 54.6 Å². The number of carbonyl (C=O) groups is 1. The standard InChI is InChI=1S/C23H29N3O2/c1-28-22-10-6-5-9-20(22)23(27)26-15-18-13-25(14-19(18)16-26)12-11-21(24)17-7-3-2-4-8-17/h2-10,18-19,21H,11-16,24H2,1H3/t18?,19?,21-/m0/s1. The molecule has 1 amide bonds. The molecule has 4 rings (SSSR count). The highest BCUT2D eigenvalue weighted by Gasteiger charge is 2.41. The molecule has 2 saturated heterocycles. The SMILES string of the molecule is COc1ccccc1C(=O)N1CC2CN(CC[C@H](N)c3ccccc3)CC2C1. The van der Waals surface area contributed by atoms with Crippen molar-refractivity contribution >= 4 is 5.91 Å². The number of methoxy groups -OCH3 is 1. The molecule has 2 fully saturated rings. The Morgan fingerprint density at radius 1 is 1.04 bits per heavy atom. The van der Waals surface area contributed by atoms with Gasteiger partial charge in [-0.25, -0.2) is 0 Å². The first kappa shape index (κ1) is 19.0. The van der Waals surface area contributed by atoms with Crippen molar-refractivity contribution in [2.45, 2.75) is 12.5 Å². The summed E-state index contributed by atoms with van der Waals surface area (Å²) in [6.07, 6.45) is 0.966. The van der Waals surface area contributed by atoms with Crippen LogP contribution in [0.1, 0.15) is 28.4 Å². The number of hydrogen-bond donors (Lipinski definition) is 1. The van der Waals surface area contributed by atoms with Gasteiger partial charge in [-0.1, -0.05) is 42.5 Å². The Balaban J connectivity index is 1.29. The normalized spacial score (nSPS) is 22.9. The predicted octanol–water partition coefficient (Wildman–Crippen LogP) is 2.79. The minimum atomic E-state index is 0.0875. The van der Waals surface area contributed by atoms with E-state index in [1.54, 1.807) is 7.11 Å². The van der Waals surface area contributed by atoms with E-state index in [0.717, 1.165) is 39.1 Å². The zero-order valence-corrected chi connectivity index (χ0v) is 16.5. The number of amides is 1. The summed E-state index contributed by atoms with van der Waals surface area (Å²) >= 11 is 0. The van der Waals surface area contributed by atoms with Crippen molar-refractivity contribution in [1.82, 2.24) is 9.80 Å². The van der Waals surface area contributed by atoms with Crippen LogP contribution in [-0.2, 0) is 0 Å². The van der Waals surface area contributed by atoms with Crippen LogP contribution in [-0.4, -0.2) is 55.5 Å². The zero-order chi connectivity index (χ0) is 19.5. The summed E-state index contributed by atoms with van der Waals surface area (Å²) in [6.45, 7) is 4.80. The van der Waals surface area contributed by atoms with Crippen LogP contribution in [0.2, 0.25) is 0 Å². The van der Waals surface area contributed by atoms with Crippen molar-refractivity contribution in [3.05, 3.63) is 65.7 Å². The van der Waals surface area contributed by atoms with E-state index in [-0.39, 0.29) is 11.9 Å². The number of carbonyl (C=O) groups excluding carboxylic acids is 1. The van der Waals surface area contributed by atoms with E-state index >= 15 is 0 Å². The van der Waals surface area contributed by atoms with Gasteiger partial charge >= 0.3 is 0 Å². The Morgan fingerprint density at radius 3 is 2.36 bits per heavy atom. The third-order valence-corrected chi connectivity index (χ3v) is 6.17. The molecular weight excluding hydrogens is 350 g/mol. The second-order valence-electron chi connectivity index (χ2n) is 8.00. The predicted molar refractivity (Wildman–Crippen MR) is 110 cm³/mol. The molecule has 148 valence electrons.